The van der Waals surface area contributed by atoms with Crippen LogP contribution >= 0.6 is 0 Å². The Hall–Kier alpha value is -3.03. The number of hydrogen-bond acceptors (Lipinski definition) is 3. The number of nitrogens with zero attached hydrogens (tertiary/aromatic N) is 1. The lowest BCUT2D eigenvalue weighted by Crippen LogP contribution is -2.51. The molecule has 3 aromatic carbocycles. The molecule has 7 heteroatoms. The molecule has 0 radical (unpaired) electrons. The zero-order chi connectivity index (χ0) is 23.3. The third kappa shape index (κ3) is 5.31. The summed E-state index contributed by atoms with van der Waals surface area (Å²) in [5.74, 6) is -0.543. The van der Waals surface area contributed by atoms with Crippen molar-refractivity contribution in [3.63, 3.8) is 0 Å². The summed E-state index contributed by atoms with van der Waals surface area (Å²) in [6, 6.07) is 24.4. The van der Waals surface area contributed by atoms with Crippen LogP contribution in [0, 0.1) is 11.2 Å². The van der Waals surface area contributed by atoms with Crippen LogP contribution in [0.1, 0.15) is 24.0 Å². The minimum atomic E-state index is -3.75. The van der Waals surface area contributed by atoms with E-state index in [1.165, 1.54) is 16.4 Å². The second-order valence-electron chi connectivity index (χ2n) is 8.47. The molecular weight excluding hydrogens is 439 g/mol. The summed E-state index contributed by atoms with van der Waals surface area (Å²) in [5, 5.41) is 3.07. The van der Waals surface area contributed by atoms with Crippen molar-refractivity contribution >= 4 is 15.9 Å². The summed E-state index contributed by atoms with van der Waals surface area (Å²) in [6.07, 6.45) is 1.35. The quantitative estimate of drug-likeness (QED) is 0.569. The van der Waals surface area contributed by atoms with E-state index in [4.69, 9.17) is 0 Å². The number of benzene rings is 3. The molecule has 0 saturated carbocycles. The van der Waals surface area contributed by atoms with E-state index in [9.17, 15) is 17.6 Å². The van der Waals surface area contributed by atoms with E-state index < -0.39 is 21.3 Å². The lowest BCUT2D eigenvalue weighted by molar-refractivity contribution is -0.133. The van der Waals surface area contributed by atoms with Crippen molar-refractivity contribution in [1.82, 2.24) is 9.62 Å². The summed E-state index contributed by atoms with van der Waals surface area (Å²) in [6.45, 7) is 0.879. The first-order valence-corrected chi connectivity index (χ1v) is 12.4. The number of piperidine rings is 1. The zero-order valence-corrected chi connectivity index (χ0v) is 19.1. The van der Waals surface area contributed by atoms with Crippen LogP contribution in [0.25, 0.3) is 0 Å². The summed E-state index contributed by atoms with van der Waals surface area (Å²) in [4.78, 5) is 13.5. The third-order valence-electron chi connectivity index (χ3n) is 6.29. The molecule has 1 saturated heterocycles. The van der Waals surface area contributed by atoms with Crippen LogP contribution < -0.4 is 5.32 Å². The molecule has 0 atom stereocenters. The molecule has 172 valence electrons. The van der Waals surface area contributed by atoms with Crippen molar-refractivity contribution in [2.45, 2.75) is 30.7 Å². The van der Waals surface area contributed by atoms with Crippen LogP contribution in [0.2, 0.25) is 0 Å². The number of halogens is 1. The van der Waals surface area contributed by atoms with Crippen molar-refractivity contribution in [3.05, 3.63) is 102 Å². The van der Waals surface area contributed by atoms with Crippen LogP contribution in [0.5, 0.6) is 0 Å². The molecule has 1 N–H and O–H groups in total. The van der Waals surface area contributed by atoms with Crippen molar-refractivity contribution in [1.29, 1.82) is 0 Å². The lowest BCUT2D eigenvalue weighted by Gasteiger charge is -2.40. The molecule has 1 aliphatic rings. The number of nitrogens with one attached hydrogen (secondary N) is 1. The first kappa shape index (κ1) is 23.1. The van der Waals surface area contributed by atoms with Crippen LogP contribution in [0.3, 0.4) is 0 Å². The summed E-state index contributed by atoms with van der Waals surface area (Å²) in [5.41, 5.74) is 1.35. The van der Waals surface area contributed by atoms with Gasteiger partial charge < -0.3 is 5.32 Å². The van der Waals surface area contributed by atoms with E-state index in [1.54, 1.807) is 0 Å². The Morgan fingerprint density at radius 1 is 0.848 bits per heavy atom. The van der Waals surface area contributed by atoms with Gasteiger partial charge in [0, 0.05) is 19.6 Å². The highest BCUT2D eigenvalue weighted by atomic mass is 32.2. The van der Waals surface area contributed by atoms with Gasteiger partial charge in [-0.2, -0.15) is 4.31 Å². The second-order valence-corrected chi connectivity index (χ2v) is 10.4. The molecule has 3 aromatic rings. The molecule has 4 rings (SSSR count). The van der Waals surface area contributed by atoms with Gasteiger partial charge >= 0.3 is 0 Å². The molecular formula is C26H27FN2O3S. The number of carbonyl (C=O) groups is 1. The zero-order valence-electron chi connectivity index (χ0n) is 18.3. The summed E-state index contributed by atoms with van der Waals surface area (Å²) >= 11 is 0. The van der Waals surface area contributed by atoms with E-state index in [2.05, 4.69) is 5.32 Å². The van der Waals surface area contributed by atoms with Gasteiger partial charge in [-0.05, 0) is 54.7 Å². The summed E-state index contributed by atoms with van der Waals surface area (Å²) in [7, 11) is -3.75. The van der Waals surface area contributed by atoms with E-state index in [0.29, 0.717) is 25.8 Å². The summed E-state index contributed by atoms with van der Waals surface area (Å²) < 4.78 is 40.8. The molecule has 33 heavy (non-hydrogen) atoms. The minimum Gasteiger partial charge on any atom is -0.352 e. The van der Waals surface area contributed by atoms with Crippen LogP contribution in [0.15, 0.2) is 89.8 Å². The average molecular weight is 467 g/mol. The van der Waals surface area contributed by atoms with E-state index >= 15 is 0 Å². The van der Waals surface area contributed by atoms with Crippen molar-refractivity contribution in [2.24, 2.45) is 5.41 Å². The third-order valence-corrected chi connectivity index (χ3v) is 8.21. The Morgan fingerprint density at radius 2 is 1.39 bits per heavy atom. The lowest BCUT2D eigenvalue weighted by atomic mass is 9.73. The molecule has 0 unspecified atom stereocenters. The highest BCUT2D eigenvalue weighted by Gasteiger charge is 2.43. The largest absolute Gasteiger partial charge is 0.352 e. The maximum Gasteiger partial charge on any atom is 0.243 e. The van der Waals surface area contributed by atoms with E-state index in [-0.39, 0.29) is 23.9 Å². The number of sulfonamides is 1. The van der Waals surface area contributed by atoms with Gasteiger partial charge in [0.1, 0.15) is 5.82 Å². The molecule has 0 bridgehead atoms. The second kappa shape index (κ2) is 9.85. The molecule has 1 fully saturated rings. The average Bonchev–Trinajstić information content (AvgIpc) is 2.84. The normalized spacial score (nSPS) is 16.3. The number of amides is 1. The molecule has 1 aliphatic heterocycles. The minimum absolute atomic E-state index is 0.0611. The van der Waals surface area contributed by atoms with Gasteiger partial charge in [0.2, 0.25) is 15.9 Å². The van der Waals surface area contributed by atoms with Gasteiger partial charge in [-0.25, -0.2) is 12.8 Å². The van der Waals surface area contributed by atoms with Crippen molar-refractivity contribution < 1.29 is 17.6 Å². The van der Waals surface area contributed by atoms with Crippen LogP contribution in [-0.4, -0.2) is 31.7 Å². The van der Waals surface area contributed by atoms with Gasteiger partial charge in [-0.15, -0.1) is 0 Å². The van der Waals surface area contributed by atoms with Crippen LogP contribution in [-0.2, 0) is 27.8 Å². The number of hydrogen-bond donors (Lipinski definition) is 1. The van der Waals surface area contributed by atoms with Gasteiger partial charge in [0.15, 0.2) is 0 Å². The highest BCUT2D eigenvalue weighted by Crippen LogP contribution is 2.37. The Morgan fingerprint density at radius 3 is 1.97 bits per heavy atom. The fraction of sp³-hybridized carbons (Fsp3) is 0.269. The Kier molecular flexibility index (Phi) is 6.91. The smallest absolute Gasteiger partial charge is 0.243 e. The molecule has 0 aliphatic carbocycles. The maximum atomic E-state index is 13.4. The molecule has 1 amide bonds. The van der Waals surface area contributed by atoms with Crippen molar-refractivity contribution in [3.8, 4) is 0 Å². The van der Waals surface area contributed by atoms with E-state index in [1.807, 2.05) is 60.7 Å². The van der Waals surface area contributed by atoms with E-state index in [0.717, 1.165) is 23.3 Å². The highest BCUT2D eigenvalue weighted by molar-refractivity contribution is 7.89. The van der Waals surface area contributed by atoms with Crippen LogP contribution in [0.4, 0.5) is 4.39 Å². The van der Waals surface area contributed by atoms with Crippen molar-refractivity contribution in [2.75, 3.05) is 13.1 Å². The van der Waals surface area contributed by atoms with Gasteiger partial charge in [0.05, 0.1) is 10.3 Å². The fourth-order valence-corrected chi connectivity index (χ4v) is 5.79. The maximum absolute atomic E-state index is 13.4. The number of rotatable bonds is 7. The predicted molar refractivity (Wildman–Crippen MR) is 125 cm³/mol. The van der Waals surface area contributed by atoms with Gasteiger partial charge in [-0.1, -0.05) is 60.7 Å². The fourth-order valence-electron chi connectivity index (χ4n) is 4.35. The molecule has 5 nitrogen and oxygen atoms in total. The Balaban J connectivity index is 1.52. The SMILES string of the molecule is O=C(NCc1ccccc1)C1(Cc2ccccc2)CCN(S(=O)(=O)c2ccc(F)cc2)CC1. The Labute approximate surface area is 194 Å². The topological polar surface area (TPSA) is 66.5 Å². The standard InChI is InChI=1S/C26H27FN2O3S/c27-23-11-13-24(14-12-23)33(31,32)29-17-15-26(16-18-29,19-21-7-3-1-4-8-21)25(30)28-20-22-9-5-2-6-10-22/h1-14H,15-20H2,(H,28,30). The molecule has 1 heterocycles. The Bertz CT molecular complexity index is 1180. The monoisotopic (exact) mass is 466 g/mol. The first-order chi connectivity index (χ1) is 15.9. The number of carbonyl (C=O) groups excluding carboxylic acids is 1. The predicted octanol–water partition coefficient (Wildman–Crippen LogP) is 4.16. The molecule has 0 spiro atoms. The van der Waals surface area contributed by atoms with Gasteiger partial charge in [-0.3, -0.25) is 4.79 Å². The first-order valence-electron chi connectivity index (χ1n) is 11.0. The van der Waals surface area contributed by atoms with Gasteiger partial charge in [0.25, 0.3) is 0 Å². The molecule has 0 aromatic heterocycles.